The third kappa shape index (κ3) is 6.19. The van der Waals surface area contributed by atoms with Crippen molar-refractivity contribution in [2.45, 2.75) is 13.0 Å². The average molecular weight is 481 g/mol. The molecule has 1 atom stereocenters. The van der Waals surface area contributed by atoms with Crippen LogP contribution in [0, 0.1) is 5.92 Å². The van der Waals surface area contributed by atoms with E-state index in [2.05, 4.69) is 43.0 Å². The maximum absolute atomic E-state index is 12.4. The van der Waals surface area contributed by atoms with Crippen LogP contribution in [0.5, 0.6) is 11.5 Å². The first kappa shape index (κ1) is 22.1. The summed E-state index contributed by atoms with van der Waals surface area (Å²) in [6, 6.07) is 12.7. The maximum Gasteiger partial charge on any atom is 0.387 e. The molecular formula is C22H23BrF2N2O3. The summed E-state index contributed by atoms with van der Waals surface area (Å²) in [6.07, 6.45) is 4.04. The van der Waals surface area contributed by atoms with E-state index in [1.165, 1.54) is 31.0 Å². The predicted molar refractivity (Wildman–Crippen MR) is 116 cm³/mol. The molecule has 160 valence electrons. The minimum absolute atomic E-state index is 0.0506. The van der Waals surface area contributed by atoms with Crippen LogP contribution in [0.25, 0.3) is 6.08 Å². The van der Waals surface area contributed by atoms with E-state index in [0.717, 1.165) is 24.0 Å². The molecule has 0 saturated carbocycles. The van der Waals surface area contributed by atoms with Crippen LogP contribution in [0.15, 0.2) is 53.0 Å². The molecule has 1 amide bonds. The second-order valence-electron chi connectivity index (χ2n) is 6.95. The van der Waals surface area contributed by atoms with Gasteiger partial charge in [0.2, 0.25) is 5.91 Å². The molecule has 5 nitrogen and oxygen atoms in total. The van der Waals surface area contributed by atoms with Crippen molar-refractivity contribution in [1.82, 2.24) is 5.32 Å². The molecule has 0 bridgehead atoms. The summed E-state index contributed by atoms with van der Waals surface area (Å²) in [4.78, 5) is 14.5. The Balaban J connectivity index is 1.49. The highest BCUT2D eigenvalue weighted by Crippen LogP contribution is 2.30. The van der Waals surface area contributed by atoms with E-state index in [4.69, 9.17) is 4.74 Å². The second-order valence-corrected chi connectivity index (χ2v) is 7.86. The van der Waals surface area contributed by atoms with Crippen molar-refractivity contribution in [3.63, 3.8) is 0 Å². The third-order valence-corrected chi connectivity index (χ3v) is 5.35. The zero-order valence-electron chi connectivity index (χ0n) is 16.5. The molecule has 1 heterocycles. The Labute approximate surface area is 182 Å². The first-order chi connectivity index (χ1) is 14.4. The lowest BCUT2D eigenvalue weighted by atomic mass is 10.1. The van der Waals surface area contributed by atoms with Crippen LogP contribution in [0.1, 0.15) is 12.0 Å². The Morgan fingerprint density at radius 2 is 2.13 bits per heavy atom. The van der Waals surface area contributed by atoms with Gasteiger partial charge >= 0.3 is 6.61 Å². The van der Waals surface area contributed by atoms with Gasteiger partial charge in [0.1, 0.15) is 0 Å². The summed E-state index contributed by atoms with van der Waals surface area (Å²) in [7, 11) is 1.37. The molecule has 0 aliphatic carbocycles. The van der Waals surface area contributed by atoms with E-state index in [0.29, 0.717) is 18.0 Å². The first-order valence-corrected chi connectivity index (χ1v) is 10.3. The minimum atomic E-state index is -2.93. The van der Waals surface area contributed by atoms with Crippen molar-refractivity contribution in [2.24, 2.45) is 5.92 Å². The highest BCUT2D eigenvalue weighted by molar-refractivity contribution is 9.10. The number of hydrogen-bond acceptors (Lipinski definition) is 4. The van der Waals surface area contributed by atoms with E-state index in [9.17, 15) is 13.6 Å². The van der Waals surface area contributed by atoms with Gasteiger partial charge in [-0.15, -0.1) is 0 Å². The summed E-state index contributed by atoms with van der Waals surface area (Å²) >= 11 is 3.49. The number of halogens is 3. The number of amides is 1. The van der Waals surface area contributed by atoms with Gasteiger partial charge in [0, 0.05) is 35.9 Å². The van der Waals surface area contributed by atoms with Gasteiger partial charge in [0.25, 0.3) is 0 Å². The van der Waals surface area contributed by atoms with Crippen LogP contribution in [0.4, 0.5) is 14.5 Å². The molecule has 30 heavy (non-hydrogen) atoms. The first-order valence-electron chi connectivity index (χ1n) is 9.54. The molecule has 3 rings (SSSR count). The smallest absolute Gasteiger partial charge is 0.387 e. The number of anilines is 1. The normalized spacial score (nSPS) is 16.3. The SMILES string of the molecule is COc1cc(C=CC(=O)NCC2CCN(c3cccc(Br)c3)C2)ccc1OC(F)F. The van der Waals surface area contributed by atoms with Gasteiger partial charge in [-0.1, -0.05) is 28.1 Å². The summed E-state index contributed by atoms with van der Waals surface area (Å²) in [5.74, 6) is 0.303. The second kappa shape index (κ2) is 10.4. The monoisotopic (exact) mass is 480 g/mol. The fourth-order valence-electron chi connectivity index (χ4n) is 3.36. The van der Waals surface area contributed by atoms with Crippen molar-refractivity contribution in [3.05, 3.63) is 58.6 Å². The summed E-state index contributed by atoms with van der Waals surface area (Å²) in [6.45, 7) is -0.484. The van der Waals surface area contributed by atoms with Gasteiger partial charge < -0.3 is 19.7 Å². The zero-order chi connectivity index (χ0) is 21.5. The fourth-order valence-corrected chi connectivity index (χ4v) is 3.75. The van der Waals surface area contributed by atoms with Crippen LogP contribution in [0.2, 0.25) is 0 Å². The lowest BCUT2D eigenvalue weighted by molar-refractivity contribution is -0.116. The molecule has 1 aliphatic heterocycles. The number of hydrogen-bond donors (Lipinski definition) is 1. The summed E-state index contributed by atoms with van der Waals surface area (Å²) in [5, 5.41) is 2.93. The molecule has 0 radical (unpaired) electrons. The number of alkyl halides is 2. The average Bonchev–Trinajstić information content (AvgIpc) is 3.20. The molecule has 2 aromatic rings. The van der Waals surface area contributed by atoms with E-state index in [1.54, 1.807) is 12.1 Å². The van der Waals surface area contributed by atoms with Gasteiger partial charge in [-0.25, -0.2) is 0 Å². The molecule has 0 spiro atoms. The largest absolute Gasteiger partial charge is 0.493 e. The molecule has 1 unspecified atom stereocenters. The quantitative estimate of drug-likeness (QED) is 0.555. The number of benzene rings is 2. The van der Waals surface area contributed by atoms with Crippen LogP contribution in [-0.4, -0.2) is 39.3 Å². The van der Waals surface area contributed by atoms with E-state index in [-0.39, 0.29) is 17.4 Å². The number of methoxy groups -OCH3 is 1. The van der Waals surface area contributed by atoms with Gasteiger partial charge in [0.15, 0.2) is 11.5 Å². The highest BCUT2D eigenvalue weighted by Gasteiger charge is 2.23. The van der Waals surface area contributed by atoms with Crippen LogP contribution in [0.3, 0.4) is 0 Å². The lowest BCUT2D eigenvalue weighted by Crippen LogP contribution is -2.29. The maximum atomic E-state index is 12.4. The van der Waals surface area contributed by atoms with Gasteiger partial charge in [-0.3, -0.25) is 4.79 Å². The molecule has 0 aromatic heterocycles. The van der Waals surface area contributed by atoms with E-state index in [1.807, 2.05) is 12.1 Å². The lowest BCUT2D eigenvalue weighted by Gasteiger charge is -2.19. The molecule has 2 aromatic carbocycles. The number of rotatable bonds is 8. The van der Waals surface area contributed by atoms with Crippen molar-refractivity contribution >= 4 is 33.6 Å². The summed E-state index contributed by atoms with van der Waals surface area (Å²) in [5.41, 5.74) is 1.82. The van der Waals surface area contributed by atoms with E-state index < -0.39 is 6.61 Å². The predicted octanol–water partition coefficient (Wildman–Crippen LogP) is 4.72. The molecule has 8 heteroatoms. The zero-order valence-corrected chi connectivity index (χ0v) is 18.1. The molecular weight excluding hydrogens is 458 g/mol. The van der Waals surface area contributed by atoms with Crippen molar-refractivity contribution in [2.75, 3.05) is 31.6 Å². The standard InChI is InChI=1S/C22H23BrF2N2O3/c1-29-20-11-15(5-7-19(20)30-22(24)25)6-8-21(28)26-13-16-9-10-27(14-16)18-4-2-3-17(23)12-18/h2-8,11-12,16,22H,9-10,13-14H2,1H3,(H,26,28). The Morgan fingerprint density at radius 1 is 1.30 bits per heavy atom. The van der Waals surface area contributed by atoms with Gasteiger partial charge in [-0.2, -0.15) is 8.78 Å². The van der Waals surface area contributed by atoms with Crippen molar-refractivity contribution in [3.8, 4) is 11.5 Å². The van der Waals surface area contributed by atoms with Gasteiger partial charge in [-0.05, 0) is 54.3 Å². The number of ether oxygens (including phenoxy) is 2. The van der Waals surface area contributed by atoms with Crippen molar-refractivity contribution in [1.29, 1.82) is 0 Å². The number of carbonyl (C=O) groups excluding carboxylic acids is 1. The van der Waals surface area contributed by atoms with Crippen molar-refractivity contribution < 1.29 is 23.0 Å². The van der Waals surface area contributed by atoms with E-state index >= 15 is 0 Å². The van der Waals surface area contributed by atoms with Gasteiger partial charge in [0.05, 0.1) is 7.11 Å². The van der Waals surface area contributed by atoms with Crippen LogP contribution in [-0.2, 0) is 4.79 Å². The molecule has 1 aliphatic rings. The summed E-state index contributed by atoms with van der Waals surface area (Å²) < 4.78 is 35.3. The Kier molecular flexibility index (Phi) is 7.68. The highest BCUT2D eigenvalue weighted by atomic mass is 79.9. The third-order valence-electron chi connectivity index (χ3n) is 4.86. The Hall–Kier alpha value is -2.61. The Bertz CT molecular complexity index is 908. The number of nitrogens with zero attached hydrogens (tertiary/aromatic N) is 1. The van der Waals surface area contributed by atoms with Crippen LogP contribution >= 0.6 is 15.9 Å². The fraction of sp³-hybridized carbons (Fsp3) is 0.318. The molecule has 1 N–H and O–H groups in total. The topological polar surface area (TPSA) is 50.8 Å². The molecule has 1 fully saturated rings. The number of carbonyl (C=O) groups is 1. The van der Waals surface area contributed by atoms with Crippen LogP contribution < -0.4 is 19.7 Å². The minimum Gasteiger partial charge on any atom is -0.493 e. The molecule has 1 saturated heterocycles. The number of nitrogens with one attached hydrogen (secondary N) is 1. The Morgan fingerprint density at radius 3 is 2.87 bits per heavy atom.